The quantitative estimate of drug-likeness (QED) is 0.451. The molecular weight excluding hydrogens is 412 g/mol. The topological polar surface area (TPSA) is 77.8 Å². The lowest BCUT2D eigenvalue weighted by molar-refractivity contribution is -0.148. The minimum atomic E-state index is -3.42. The number of aromatic carboxylic acids is 1. The van der Waals surface area contributed by atoms with Crippen molar-refractivity contribution in [1.29, 1.82) is 0 Å². The normalized spacial score (nSPS) is 20.2. The number of hydrogen-bond donors (Lipinski definition) is 2. The predicted molar refractivity (Wildman–Crippen MR) is 112 cm³/mol. The van der Waals surface area contributed by atoms with Crippen molar-refractivity contribution >= 4 is 23.2 Å². The van der Waals surface area contributed by atoms with Gasteiger partial charge in [0, 0.05) is 30.7 Å². The van der Waals surface area contributed by atoms with Crippen LogP contribution < -0.4 is 0 Å². The number of alkyl halides is 2. The molecule has 1 amide bonds. The van der Waals surface area contributed by atoms with Crippen LogP contribution in [0.25, 0.3) is 0 Å². The number of hydrogen-bond acceptors (Lipinski definition) is 4. The number of nitrogens with zero attached hydrogens (tertiary/aromatic N) is 1. The van der Waals surface area contributed by atoms with Crippen LogP contribution in [0.3, 0.4) is 0 Å². The Bertz CT molecular complexity index is 840. The molecule has 0 aromatic carbocycles. The number of carboxylic acid groups (broad SMARTS) is 1. The van der Waals surface area contributed by atoms with Crippen molar-refractivity contribution in [2.75, 3.05) is 6.54 Å². The lowest BCUT2D eigenvalue weighted by Crippen LogP contribution is -2.36. The van der Waals surface area contributed by atoms with Gasteiger partial charge in [0.2, 0.25) is 0 Å². The second-order valence-corrected chi connectivity index (χ2v) is 8.58. The summed E-state index contributed by atoms with van der Waals surface area (Å²) >= 11 is 1.14. The maximum atomic E-state index is 14.0. The van der Waals surface area contributed by atoms with E-state index in [1.165, 1.54) is 18.2 Å². The van der Waals surface area contributed by atoms with Gasteiger partial charge in [-0.15, -0.1) is 23.2 Å². The second-order valence-electron chi connectivity index (χ2n) is 7.41. The average Bonchev–Trinajstić information content (AvgIpc) is 3.24. The number of likely N-dealkylation sites (tertiary alicyclic amines) is 1. The molecule has 2 heterocycles. The lowest BCUT2D eigenvalue weighted by atomic mass is 9.99. The molecule has 1 saturated heterocycles. The number of aliphatic hydroxyl groups excluding tert-OH is 1. The van der Waals surface area contributed by atoms with Gasteiger partial charge in [0.05, 0.1) is 12.1 Å². The molecule has 5 nitrogen and oxygen atoms in total. The molecule has 0 radical (unpaired) electrons. The van der Waals surface area contributed by atoms with Crippen molar-refractivity contribution in [3.8, 4) is 11.8 Å². The van der Waals surface area contributed by atoms with E-state index in [9.17, 15) is 23.5 Å². The summed E-state index contributed by atoms with van der Waals surface area (Å²) in [6.45, 7) is 3.90. The smallest absolute Gasteiger partial charge is 0.345 e. The summed E-state index contributed by atoms with van der Waals surface area (Å²) in [6, 6.07) is 2.43. The molecule has 0 aliphatic carbocycles. The summed E-state index contributed by atoms with van der Waals surface area (Å²) in [6.07, 6.45) is 3.70. The van der Waals surface area contributed by atoms with Crippen LogP contribution in [0.2, 0.25) is 0 Å². The number of carbonyl (C=O) groups is 2. The average molecular weight is 440 g/mol. The standard InChI is InChI=1S/C22H27F2NO4S/c1-3-4-5-7-15(2)18(26)11-9-16-14-22(23,24)21(29)25(16)13-6-8-17-10-12-19(30-17)20(27)28/h9-12,15-16,18,26H,3,6-8,13-14H2,1-2H3,(H,27,28)/t15?,16-,18?/m0/s1. The minimum absolute atomic E-state index is 0.136. The predicted octanol–water partition coefficient (Wildman–Crippen LogP) is 3.97. The van der Waals surface area contributed by atoms with Crippen molar-refractivity contribution in [2.45, 2.75) is 64.0 Å². The molecule has 1 fully saturated rings. The van der Waals surface area contributed by atoms with Crippen LogP contribution in [0.5, 0.6) is 0 Å². The van der Waals surface area contributed by atoms with Gasteiger partial charge >= 0.3 is 11.9 Å². The van der Waals surface area contributed by atoms with Gasteiger partial charge in [0.15, 0.2) is 0 Å². The highest BCUT2D eigenvalue weighted by atomic mass is 32.1. The molecule has 2 rings (SSSR count). The summed E-state index contributed by atoms with van der Waals surface area (Å²) < 4.78 is 28.0. The Kier molecular flexibility index (Phi) is 8.56. The number of aryl methyl sites for hydroxylation is 1. The maximum Gasteiger partial charge on any atom is 0.345 e. The molecule has 1 aromatic heterocycles. The molecule has 164 valence electrons. The zero-order valence-electron chi connectivity index (χ0n) is 17.1. The van der Waals surface area contributed by atoms with E-state index in [1.807, 2.05) is 13.8 Å². The Balaban J connectivity index is 1.97. The second kappa shape index (κ2) is 10.7. The van der Waals surface area contributed by atoms with Gasteiger partial charge in [-0.2, -0.15) is 8.78 Å². The molecule has 0 bridgehead atoms. The fraction of sp³-hybridized carbons (Fsp3) is 0.545. The van der Waals surface area contributed by atoms with E-state index in [0.29, 0.717) is 19.3 Å². The van der Waals surface area contributed by atoms with Crippen molar-refractivity contribution in [3.63, 3.8) is 0 Å². The Morgan fingerprint density at radius 3 is 2.80 bits per heavy atom. The molecule has 1 aliphatic rings. The number of carboxylic acids is 1. The maximum absolute atomic E-state index is 14.0. The molecule has 30 heavy (non-hydrogen) atoms. The van der Waals surface area contributed by atoms with Crippen LogP contribution in [0.1, 0.15) is 54.1 Å². The number of thiophene rings is 1. The first-order valence-corrected chi connectivity index (χ1v) is 10.8. The monoisotopic (exact) mass is 439 g/mol. The summed E-state index contributed by atoms with van der Waals surface area (Å²) in [5, 5.41) is 19.2. The summed E-state index contributed by atoms with van der Waals surface area (Å²) in [7, 11) is 0. The zero-order valence-corrected chi connectivity index (χ0v) is 17.9. The fourth-order valence-electron chi connectivity index (χ4n) is 3.22. The summed E-state index contributed by atoms with van der Waals surface area (Å²) in [4.78, 5) is 25.3. The molecule has 1 aromatic rings. The number of aliphatic hydroxyl groups is 1. The van der Waals surface area contributed by atoms with Crippen LogP contribution >= 0.6 is 11.3 Å². The van der Waals surface area contributed by atoms with Crippen LogP contribution in [-0.4, -0.2) is 51.6 Å². The van der Waals surface area contributed by atoms with E-state index in [4.69, 9.17) is 5.11 Å². The van der Waals surface area contributed by atoms with Crippen LogP contribution in [0.15, 0.2) is 24.3 Å². The Morgan fingerprint density at radius 2 is 2.17 bits per heavy atom. The van der Waals surface area contributed by atoms with Gasteiger partial charge in [0.1, 0.15) is 4.88 Å². The lowest BCUT2D eigenvalue weighted by Gasteiger charge is -2.22. The van der Waals surface area contributed by atoms with Gasteiger partial charge in [-0.25, -0.2) is 4.79 Å². The molecule has 8 heteroatoms. The number of halogens is 2. The summed E-state index contributed by atoms with van der Waals surface area (Å²) in [5.41, 5.74) is 0. The molecular formula is C22H27F2NO4S. The van der Waals surface area contributed by atoms with E-state index in [-0.39, 0.29) is 17.3 Å². The Hall–Kier alpha value is -2.24. The Labute approximate surface area is 179 Å². The van der Waals surface area contributed by atoms with Gasteiger partial charge in [-0.1, -0.05) is 26.0 Å². The SMILES string of the molecule is CCC#CCC(C)C(O)C=C[C@H]1CC(F)(F)C(=O)N1CCCc1ccc(C(=O)O)s1. The molecule has 2 unspecified atom stereocenters. The molecule has 1 aliphatic heterocycles. The van der Waals surface area contributed by atoms with E-state index in [2.05, 4.69) is 11.8 Å². The third-order valence-electron chi connectivity index (χ3n) is 4.97. The van der Waals surface area contributed by atoms with Crippen molar-refractivity contribution < 1.29 is 28.6 Å². The highest BCUT2D eigenvalue weighted by Crippen LogP contribution is 2.34. The minimum Gasteiger partial charge on any atom is -0.477 e. The first kappa shape index (κ1) is 24.0. The number of amides is 1. The number of carbonyl (C=O) groups excluding carboxylic acids is 1. The van der Waals surface area contributed by atoms with Gasteiger partial charge in [-0.05, 0) is 30.9 Å². The van der Waals surface area contributed by atoms with Crippen molar-refractivity contribution in [3.05, 3.63) is 34.0 Å². The van der Waals surface area contributed by atoms with E-state index in [1.54, 1.807) is 6.07 Å². The number of rotatable bonds is 9. The highest BCUT2D eigenvalue weighted by Gasteiger charge is 2.52. The highest BCUT2D eigenvalue weighted by molar-refractivity contribution is 7.13. The molecule has 2 N–H and O–H groups in total. The van der Waals surface area contributed by atoms with E-state index in [0.717, 1.165) is 27.5 Å². The van der Waals surface area contributed by atoms with E-state index >= 15 is 0 Å². The third-order valence-corrected chi connectivity index (χ3v) is 6.11. The fourth-order valence-corrected chi connectivity index (χ4v) is 4.11. The van der Waals surface area contributed by atoms with Crippen LogP contribution in [-0.2, 0) is 11.2 Å². The first-order valence-electron chi connectivity index (χ1n) is 9.98. The van der Waals surface area contributed by atoms with Crippen molar-refractivity contribution in [2.24, 2.45) is 5.92 Å². The van der Waals surface area contributed by atoms with Gasteiger partial charge in [0.25, 0.3) is 5.91 Å². The first-order chi connectivity index (χ1) is 14.2. The van der Waals surface area contributed by atoms with Crippen LogP contribution in [0.4, 0.5) is 8.78 Å². The van der Waals surface area contributed by atoms with Gasteiger partial charge in [-0.3, -0.25) is 4.79 Å². The van der Waals surface area contributed by atoms with E-state index < -0.39 is 36.4 Å². The molecule has 0 spiro atoms. The Morgan fingerprint density at radius 1 is 1.43 bits per heavy atom. The largest absolute Gasteiger partial charge is 0.477 e. The van der Waals surface area contributed by atoms with Crippen molar-refractivity contribution in [1.82, 2.24) is 4.90 Å². The van der Waals surface area contributed by atoms with Gasteiger partial charge < -0.3 is 15.1 Å². The zero-order chi connectivity index (χ0) is 22.3. The third kappa shape index (κ3) is 6.38. The van der Waals surface area contributed by atoms with Crippen LogP contribution in [0, 0.1) is 17.8 Å². The summed E-state index contributed by atoms with van der Waals surface area (Å²) in [5.74, 6) is 0.123. The molecule has 3 atom stereocenters. The molecule has 0 saturated carbocycles.